The minimum Gasteiger partial charge on any atom is -0.462 e. The molecule has 3 unspecified atom stereocenters. The fraction of sp³-hybridized carbons (Fsp3) is 0.817. The number of rotatable bonds is 55. The fourth-order valence-corrected chi connectivity index (χ4v) is 9.03. The number of carbonyl (C=O) groups excluding carboxylic acids is 3. The lowest BCUT2D eigenvalue weighted by molar-refractivity contribution is -0.161. The number of phosphoric acid groups is 1. The molecule has 0 aliphatic heterocycles. The van der Waals surface area contributed by atoms with Gasteiger partial charge in [0, 0.05) is 19.3 Å². The lowest BCUT2D eigenvalue weighted by Crippen LogP contribution is -2.30. The molecule has 0 rings (SSSR count). The van der Waals surface area contributed by atoms with Crippen molar-refractivity contribution in [3.8, 4) is 0 Å². The molecule has 0 bridgehead atoms. The minimum absolute atomic E-state index is 0.149. The van der Waals surface area contributed by atoms with Crippen LogP contribution in [0.25, 0.3) is 0 Å². The maximum Gasteiger partial charge on any atom is 0.472 e. The standard InChI is InChI=1S/C60H109O11P/c1-4-7-10-13-16-19-22-25-27-28-30-32-34-37-40-43-46-49-58(62)67-53-57(71-60(64)51-48-45-42-39-36-33-29-26-23-20-17-14-11-8-5-2)55-69-72(65,66)68-54-56(52-61)70-59(63)50-47-44-41-38-35-31-24-21-18-15-12-9-6-3/h8,11,17,20,25-27,29,56-57,61H,4-7,9-10,12-16,18-19,21-24,28,30-55H2,1-3H3,(H,65,66)/b11-8-,20-17-,27-25-,29-26-. The third-order valence-corrected chi connectivity index (χ3v) is 13.7. The zero-order valence-corrected chi connectivity index (χ0v) is 47.3. The Bertz CT molecular complexity index is 1400. The van der Waals surface area contributed by atoms with Gasteiger partial charge in [-0.3, -0.25) is 23.4 Å². The van der Waals surface area contributed by atoms with Gasteiger partial charge in [-0.05, 0) is 77.0 Å². The van der Waals surface area contributed by atoms with Crippen LogP contribution >= 0.6 is 7.82 Å². The highest BCUT2D eigenvalue weighted by Gasteiger charge is 2.28. The third-order valence-electron chi connectivity index (χ3n) is 12.7. The number of phosphoric ester groups is 1. The molecule has 12 heteroatoms. The molecule has 0 heterocycles. The number of unbranched alkanes of at least 4 members (excludes halogenated alkanes) is 30. The predicted molar refractivity (Wildman–Crippen MR) is 298 cm³/mol. The molecule has 420 valence electrons. The van der Waals surface area contributed by atoms with E-state index >= 15 is 0 Å². The van der Waals surface area contributed by atoms with Crippen molar-refractivity contribution in [3.63, 3.8) is 0 Å². The quantitative estimate of drug-likeness (QED) is 0.0197. The highest BCUT2D eigenvalue weighted by atomic mass is 31.2. The highest BCUT2D eigenvalue weighted by molar-refractivity contribution is 7.47. The second-order valence-corrected chi connectivity index (χ2v) is 21.2. The van der Waals surface area contributed by atoms with E-state index in [-0.39, 0.29) is 25.9 Å². The molecule has 0 fully saturated rings. The smallest absolute Gasteiger partial charge is 0.462 e. The van der Waals surface area contributed by atoms with Crippen LogP contribution in [-0.2, 0) is 42.2 Å². The van der Waals surface area contributed by atoms with Crippen molar-refractivity contribution in [2.75, 3.05) is 26.4 Å². The van der Waals surface area contributed by atoms with Crippen LogP contribution in [0.5, 0.6) is 0 Å². The number of aliphatic hydroxyl groups is 1. The zero-order valence-electron chi connectivity index (χ0n) is 46.4. The van der Waals surface area contributed by atoms with Gasteiger partial charge in [0.15, 0.2) is 6.10 Å². The number of carbonyl (C=O) groups is 3. The monoisotopic (exact) mass is 1040 g/mol. The topological polar surface area (TPSA) is 155 Å². The van der Waals surface area contributed by atoms with Gasteiger partial charge in [0.1, 0.15) is 12.7 Å². The normalized spacial score (nSPS) is 13.7. The Balaban J connectivity index is 4.72. The maximum absolute atomic E-state index is 12.9. The Kier molecular flexibility index (Phi) is 52.7. The molecule has 0 saturated carbocycles. The summed E-state index contributed by atoms with van der Waals surface area (Å²) in [6, 6.07) is 0. The number of hydrogen-bond acceptors (Lipinski definition) is 10. The van der Waals surface area contributed by atoms with Crippen LogP contribution in [0.3, 0.4) is 0 Å². The number of ether oxygens (including phenoxy) is 3. The van der Waals surface area contributed by atoms with Gasteiger partial charge in [0.25, 0.3) is 0 Å². The van der Waals surface area contributed by atoms with E-state index in [0.29, 0.717) is 19.3 Å². The van der Waals surface area contributed by atoms with E-state index in [1.807, 2.05) is 0 Å². The molecule has 0 aromatic heterocycles. The SMILES string of the molecule is CC/C=C\C/C=C\C/C=C\CCCCCCCC(=O)OC(COC(=O)CCCCCCCCC/C=C\CCCCCCCC)COP(=O)(O)OCC(CO)OC(=O)CCCCCCCCCCCCCCC. The van der Waals surface area contributed by atoms with E-state index < -0.39 is 57.8 Å². The average molecular weight is 1040 g/mol. The van der Waals surface area contributed by atoms with E-state index in [0.717, 1.165) is 96.3 Å². The van der Waals surface area contributed by atoms with Crippen molar-refractivity contribution in [2.45, 2.75) is 290 Å². The molecule has 0 radical (unpaired) electrons. The van der Waals surface area contributed by atoms with Gasteiger partial charge < -0.3 is 24.2 Å². The fourth-order valence-electron chi connectivity index (χ4n) is 8.25. The Morgan fingerprint density at radius 3 is 1.12 bits per heavy atom. The second-order valence-electron chi connectivity index (χ2n) is 19.8. The number of hydrogen-bond donors (Lipinski definition) is 2. The summed E-state index contributed by atoms with van der Waals surface area (Å²) >= 11 is 0. The largest absolute Gasteiger partial charge is 0.472 e. The Hall–Kier alpha value is -2.56. The van der Waals surface area contributed by atoms with Crippen LogP contribution in [-0.4, -0.2) is 66.5 Å². The van der Waals surface area contributed by atoms with Crippen molar-refractivity contribution in [1.29, 1.82) is 0 Å². The lowest BCUT2D eigenvalue weighted by Gasteiger charge is -2.21. The Morgan fingerprint density at radius 1 is 0.403 bits per heavy atom. The van der Waals surface area contributed by atoms with Crippen LogP contribution in [0.15, 0.2) is 48.6 Å². The van der Waals surface area contributed by atoms with Gasteiger partial charge >= 0.3 is 25.7 Å². The summed E-state index contributed by atoms with van der Waals surface area (Å²) in [5, 5.41) is 9.81. The number of esters is 3. The molecule has 0 amide bonds. The molecule has 72 heavy (non-hydrogen) atoms. The van der Waals surface area contributed by atoms with Crippen LogP contribution in [0, 0.1) is 0 Å². The molecule has 0 aromatic rings. The molecule has 0 aromatic carbocycles. The molecule has 2 N–H and O–H groups in total. The predicted octanol–water partition coefficient (Wildman–Crippen LogP) is 17.4. The molecule has 11 nitrogen and oxygen atoms in total. The Labute approximate surface area is 441 Å². The minimum atomic E-state index is -4.75. The first kappa shape index (κ1) is 69.4. The third kappa shape index (κ3) is 52.3. The van der Waals surface area contributed by atoms with Crippen LogP contribution in [0.2, 0.25) is 0 Å². The first-order valence-electron chi connectivity index (χ1n) is 29.5. The molecular formula is C60H109O11P. The van der Waals surface area contributed by atoms with Gasteiger partial charge in [-0.15, -0.1) is 0 Å². The first-order valence-corrected chi connectivity index (χ1v) is 31.0. The summed E-state index contributed by atoms with van der Waals surface area (Å²) in [6.07, 6.45) is 57.8. The van der Waals surface area contributed by atoms with E-state index in [1.165, 1.54) is 122 Å². The average Bonchev–Trinajstić information content (AvgIpc) is 3.37. The van der Waals surface area contributed by atoms with Crippen LogP contribution in [0.4, 0.5) is 0 Å². The zero-order chi connectivity index (χ0) is 52.7. The van der Waals surface area contributed by atoms with Crippen molar-refractivity contribution in [2.24, 2.45) is 0 Å². The highest BCUT2D eigenvalue weighted by Crippen LogP contribution is 2.43. The summed E-state index contributed by atoms with van der Waals surface area (Å²) in [4.78, 5) is 48.5. The van der Waals surface area contributed by atoms with Gasteiger partial charge in [-0.2, -0.15) is 0 Å². The van der Waals surface area contributed by atoms with E-state index in [9.17, 15) is 28.9 Å². The molecule has 0 saturated heterocycles. The van der Waals surface area contributed by atoms with E-state index in [2.05, 4.69) is 69.4 Å². The van der Waals surface area contributed by atoms with Gasteiger partial charge in [0.05, 0.1) is 19.8 Å². The summed E-state index contributed by atoms with van der Waals surface area (Å²) in [7, 11) is -4.75. The van der Waals surface area contributed by atoms with Crippen LogP contribution in [0.1, 0.15) is 278 Å². The summed E-state index contributed by atoms with van der Waals surface area (Å²) < 4.78 is 39.5. The van der Waals surface area contributed by atoms with Crippen molar-refractivity contribution >= 4 is 25.7 Å². The summed E-state index contributed by atoms with van der Waals surface area (Å²) in [6.45, 7) is 4.54. The van der Waals surface area contributed by atoms with Gasteiger partial charge in [0.2, 0.25) is 0 Å². The summed E-state index contributed by atoms with van der Waals surface area (Å²) in [5.41, 5.74) is 0. The van der Waals surface area contributed by atoms with Gasteiger partial charge in [-0.1, -0.05) is 230 Å². The number of aliphatic hydroxyl groups excluding tert-OH is 1. The molecule has 0 aliphatic rings. The number of allylic oxidation sites excluding steroid dienone is 8. The molecule has 3 atom stereocenters. The first-order chi connectivity index (χ1) is 35.2. The van der Waals surface area contributed by atoms with Crippen molar-refractivity contribution in [3.05, 3.63) is 48.6 Å². The van der Waals surface area contributed by atoms with Crippen molar-refractivity contribution < 1.29 is 52.2 Å². The lowest BCUT2D eigenvalue weighted by atomic mass is 10.0. The van der Waals surface area contributed by atoms with Crippen molar-refractivity contribution in [1.82, 2.24) is 0 Å². The molecule has 0 aliphatic carbocycles. The molecular weight excluding hydrogens is 928 g/mol. The van der Waals surface area contributed by atoms with Crippen LogP contribution < -0.4 is 0 Å². The van der Waals surface area contributed by atoms with Gasteiger partial charge in [-0.25, -0.2) is 4.57 Å². The maximum atomic E-state index is 12.9. The second kappa shape index (κ2) is 54.7. The van der Waals surface area contributed by atoms with E-state index in [1.54, 1.807) is 0 Å². The molecule has 0 spiro atoms. The summed E-state index contributed by atoms with van der Waals surface area (Å²) in [5.74, 6) is -1.47. The Morgan fingerprint density at radius 2 is 0.722 bits per heavy atom. The van der Waals surface area contributed by atoms with E-state index in [4.69, 9.17) is 23.3 Å².